The van der Waals surface area contributed by atoms with Crippen LogP contribution < -0.4 is 4.72 Å². The van der Waals surface area contributed by atoms with Crippen molar-refractivity contribution in [1.29, 1.82) is 0 Å². The van der Waals surface area contributed by atoms with Crippen LogP contribution in [0.5, 0.6) is 0 Å². The molecule has 0 unspecified atom stereocenters. The summed E-state index contributed by atoms with van der Waals surface area (Å²) < 4.78 is 28.4. The average molecular weight is 513 g/mol. The van der Waals surface area contributed by atoms with Crippen LogP contribution in [0, 0.1) is 3.57 Å². The summed E-state index contributed by atoms with van der Waals surface area (Å²) in [5, 5.41) is 0.705. The lowest BCUT2D eigenvalue weighted by molar-refractivity contribution is 0.603. The number of thiophene rings is 1. The number of benzene rings is 1. The molecule has 19 heavy (non-hydrogen) atoms. The summed E-state index contributed by atoms with van der Waals surface area (Å²) >= 11 is 18.2. The van der Waals surface area contributed by atoms with Gasteiger partial charge in [-0.3, -0.25) is 4.72 Å². The Morgan fingerprint density at radius 3 is 2.42 bits per heavy atom. The van der Waals surface area contributed by atoms with Gasteiger partial charge in [0.2, 0.25) is 0 Å². The number of hydrogen-bond acceptors (Lipinski definition) is 3. The van der Waals surface area contributed by atoms with Crippen LogP contribution in [0.1, 0.15) is 0 Å². The molecule has 0 radical (unpaired) electrons. The fourth-order valence-corrected chi connectivity index (χ4v) is 5.66. The maximum absolute atomic E-state index is 12.2. The number of halogens is 4. The lowest BCUT2D eigenvalue weighted by atomic mass is 10.3. The van der Waals surface area contributed by atoms with Crippen LogP contribution in [0.2, 0.25) is 10.0 Å². The molecule has 2 rings (SSSR count). The van der Waals surface area contributed by atoms with E-state index in [0.29, 0.717) is 19.5 Å². The Balaban J connectivity index is 2.36. The molecule has 0 atom stereocenters. The fraction of sp³-hybridized carbons (Fsp3) is 0. The van der Waals surface area contributed by atoms with Gasteiger partial charge in [0.1, 0.15) is 4.21 Å². The lowest BCUT2D eigenvalue weighted by Crippen LogP contribution is -2.11. The summed E-state index contributed by atoms with van der Waals surface area (Å²) in [6.07, 6.45) is 0. The SMILES string of the molecule is O=S(=O)(Nc1ccc(I)cc1Cl)c1cc(Cl)c(Br)s1. The summed E-state index contributed by atoms with van der Waals surface area (Å²) in [7, 11) is -3.68. The molecule has 0 aliphatic carbocycles. The van der Waals surface area contributed by atoms with Gasteiger partial charge in [-0.2, -0.15) is 0 Å². The van der Waals surface area contributed by atoms with E-state index in [0.717, 1.165) is 14.9 Å². The molecule has 0 saturated heterocycles. The predicted octanol–water partition coefficient (Wildman–Crippen LogP) is 5.22. The zero-order chi connectivity index (χ0) is 14.2. The van der Waals surface area contributed by atoms with Gasteiger partial charge in [0.15, 0.2) is 0 Å². The molecular formula is C10H5BrCl2INO2S2. The summed E-state index contributed by atoms with van der Waals surface area (Å²) in [6, 6.07) is 6.45. The van der Waals surface area contributed by atoms with E-state index in [4.69, 9.17) is 23.2 Å². The van der Waals surface area contributed by atoms with Crippen LogP contribution in [0.15, 0.2) is 32.3 Å². The predicted molar refractivity (Wildman–Crippen MR) is 92.0 cm³/mol. The summed E-state index contributed by atoms with van der Waals surface area (Å²) in [5.74, 6) is 0. The Kier molecular flexibility index (Phi) is 5.06. The van der Waals surface area contributed by atoms with Crippen LogP contribution in [-0.4, -0.2) is 8.42 Å². The van der Waals surface area contributed by atoms with Gasteiger partial charge in [-0.05, 0) is 62.8 Å². The molecule has 0 amide bonds. The first-order valence-electron chi connectivity index (χ1n) is 4.72. The van der Waals surface area contributed by atoms with Gasteiger partial charge in [0.25, 0.3) is 10.0 Å². The third kappa shape index (κ3) is 3.76. The van der Waals surface area contributed by atoms with Crippen LogP contribution in [0.4, 0.5) is 5.69 Å². The fourth-order valence-electron chi connectivity index (χ4n) is 1.23. The quantitative estimate of drug-likeness (QED) is 0.573. The normalized spacial score (nSPS) is 11.6. The number of nitrogens with one attached hydrogen (secondary N) is 1. The third-order valence-corrected chi connectivity index (χ3v) is 7.36. The van der Waals surface area contributed by atoms with Gasteiger partial charge in [0.05, 0.1) is 19.5 Å². The zero-order valence-corrected chi connectivity index (χ0v) is 15.8. The highest BCUT2D eigenvalue weighted by molar-refractivity contribution is 14.1. The zero-order valence-electron chi connectivity index (χ0n) is 8.95. The van der Waals surface area contributed by atoms with Gasteiger partial charge >= 0.3 is 0 Å². The Morgan fingerprint density at radius 1 is 1.21 bits per heavy atom. The summed E-state index contributed by atoms with van der Waals surface area (Å²) in [5.41, 5.74) is 0.336. The molecule has 9 heteroatoms. The highest BCUT2D eigenvalue weighted by Gasteiger charge is 2.20. The van der Waals surface area contributed by atoms with E-state index in [9.17, 15) is 8.42 Å². The third-order valence-electron chi connectivity index (χ3n) is 2.06. The Hall–Kier alpha value is 0.460. The van der Waals surface area contributed by atoms with Crippen LogP contribution >= 0.6 is 73.1 Å². The van der Waals surface area contributed by atoms with Crippen molar-refractivity contribution in [3.8, 4) is 0 Å². The molecule has 102 valence electrons. The monoisotopic (exact) mass is 511 g/mol. The minimum Gasteiger partial charge on any atom is -0.277 e. The molecular weight excluding hydrogens is 508 g/mol. The smallest absolute Gasteiger partial charge is 0.271 e. The molecule has 2 aromatic rings. The molecule has 0 spiro atoms. The first kappa shape index (κ1) is 15.8. The second-order valence-electron chi connectivity index (χ2n) is 3.42. The van der Waals surface area contributed by atoms with Crippen molar-refractivity contribution in [3.05, 3.63) is 41.7 Å². The number of hydrogen-bond donors (Lipinski definition) is 1. The minimum atomic E-state index is -3.68. The minimum absolute atomic E-state index is 0.124. The average Bonchev–Trinajstić information content (AvgIpc) is 2.64. The first-order valence-corrected chi connectivity index (χ1v) is 9.65. The molecule has 0 aliphatic heterocycles. The van der Waals surface area contributed by atoms with Crippen molar-refractivity contribution < 1.29 is 8.42 Å². The molecule has 0 bridgehead atoms. The molecule has 3 nitrogen and oxygen atoms in total. The topological polar surface area (TPSA) is 46.2 Å². The van der Waals surface area contributed by atoms with E-state index in [1.807, 2.05) is 0 Å². The van der Waals surface area contributed by atoms with E-state index in [2.05, 4.69) is 43.2 Å². The molecule has 0 aliphatic rings. The van der Waals surface area contributed by atoms with E-state index in [1.54, 1.807) is 18.2 Å². The van der Waals surface area contributed by atoms with E-state index >= 15 is 0 Å². The molecule has 0 saturated carbocycles. The number of sulfonamides is 1. The van der Waals surface area contributed by atoms with Gasteiger partial charge in [-0.1, -0.05) is 23.2 Å². The standard InChI is InChI=1S/C10H5BrCl2INO2S2/c11-10-7(13)4-9(18-10)19(16,17)15-8-2-1-5(14)3-6(8)12/h1-4,15H. The maximum atomic E-state index is 12.2. The second kappa shape index (κ2) is 6.07. The van der Waals surface area contributed by atoms with Crippen LogP contribution in [0.3, 0.4) is 0 Å². The molecule has 1 heterocycles. The van der Waals surface area contributed by atoms with Gasteiger partial charge in [-0.25, -0.2) is 8.42 Å². The number of anilines is 1. The molecule has 1 N–H and O–H groups in total. The maximum Gasteiger partial charge on any atom is 0.271 e. The van der Waals surface area contributed by atoms with Gasteiger partial charge < -0.3 is 0 Å². The van der Waals surface area contributed by atoms with Crippen molar-refractivity contribution in [2.75, 3.05) is 4.72 Å². The highest BCUT2D eigenvalue weighted by Crippen LogP contribution is 2.36. The van der Waals surface area contributed by atoms with Crippen molar-refractivity contribution in [1.82, 2.24) is 0 Å². The van der Waals surface area contributed by atoms with Gasteiger partial charge in [0, 0.05) is 3.57 Å². The summed E-state index contributed by atoms with van der Waals surface area (Å²) in [6.45, 7) is 0. The number of rotatable bonds is 3. The van der Waals surface area contributed by atoms with Crippen molar-refractivity contribution >= 4 is 88.8 Å². The van der Waals surface area contributed by atoms with E-state index in [1.165, 1.54) is 6.07 Å². The van der Waals surface area contributed by atoms with E-state index < -0.39 is 10.0 Å². The second-order valence-corrected chi connectivity index (χ2v) is 9.76. The Morgan fingerprint density at radius 2 is 1.89 bits per heavy atom. The first-order chi connectivity index (χ1) is 8.79. The highest BCUT2D eigenvalue weighted by atomic mass is 127. The molecule has 1 aromatic carbocycles. The van der Waals surface area contributed by atoms with Crippen LogP contribution in [-0.2, 0) is 10.0 Å². The lowest BCUT2D eigenvalue weighted by Gasteiger charge is -2.08. The molecule has 1 aromatic heterocycles. The van der Waals surface area contributed by atoms with E-state index in [-0.39, 0.29) is 4.21 Å². The van der Waals surface area contributed by atoms with Crippen molar-refractivity contribution in [2.24, 2.45) is 0 Å². The Bertz CT molecular complexity index is 714. The van der Waals surface area contributed by atoms with Gasteiger partial charge in [-0.15, -0.1) is 11.3 Å². The molecule has 0 fully saturated rings. The summed E-state index contributed by atoms with van der Waals surface area (Å²) in [4.78, 5) is 0. The largest absolute Gasteiger partial charge is 0.277 e. The van der Waals surface area contributed by atoms with Crippen molar-refractivity contribution in [3.63, 3.8) is 0 Å². The van der Waals surface area contributed by atoms with Crippen LogP contribution in [0.25, 0.3) is 0 Å². The Labute approximate surface area is 146 Å². The van der Waals surface area contributed by atoms with Crippen molar-refractivity contribution in [2.45, 2.75) is 4.21 Å².